The van der Waals surface area contributed by atoms with Crippen molar-refractivity contribution in [1.29, 1.82) is 0 Å². The van der Waals surface area contributed by atoms with E-state index in [1.54, 1.807) is 0 Å². The number of thiol groups is 1. The van der Waals surface area contributed by atoms with Gasteiger partial charge in [0.2, 0.25) is 0 Å². The predicted octanol–water partition coefficient (Wildman–Crippen LogP) is 5.56. The summed E-state index contributed by atoms with van der Waals surface area (Å²) < 4.78 is 0. The molecule has 118 valence electrons. The number of unbranched alkanes of at least 4 members (excludes halogenated alkanes) is 1. The molecule has 0 saturated heterocycles. The Morgan fingerprint density at radius 2 is 1.71 bits per heavy atom. The fourth-order valence-electron chi connectivity index (χ4n) is 3.54. The van der Waals surface area contributed by atoms with E-state index < -0.39 is 0 Å². The third-order valence-electron chi connectivity index (χ3n) is 4.93. The van der Waals surface area contributed by atoms with Crippen molar-refractivity contribution in [3.63, 3.8) is 0 Å². The molecule has 0 bridgehead atoms. The predicted molar refractivity (Wildman–Crippen MR) is 97.6 cm³/mol. The minimum Gasteiger partial charge on any atom is -0.371 e. The first kappa shape index (κ1) is 16.7. The fourth-order valence-corrected chi connectivity index (χ4v) is 3.95. The molecule has 0 spiro atoms. The molecule has 2 heteroatoms. The Hall–Kier alpha value is -0.630. The van der Waals surface area contributed by atoms with Crippen molar-refractivity contribution in [3.8, 4) is 0 Å². The largest absolute Gasteiger partial charge is 0.371 e. The molecule has 0 aliphatic heterocycles. The maximum atomic E-state index is 4.75. The SMILES string of the molecule is CCCCN(CC1(CS)CCCCCC1)c1ccccc1. The van der Waals surface area contributed by atoms with Gasteiger partial charge < -0.3 is 4.90 Å². The van der Waals surface area contributed by atoms with Crippen LogP contribution in [0.25, 0.3) is 0 Å². The second-order valence-corrected chi connectivity index (χ2v) is 7.00. The maximum Gasteiger partial charge on any atom is 0.0366 e. The number of nitrogens with zero attached hydrogens (tertiary/aromatic N) is 1. The minimum atomic E-state index is 0.420. The van der Waals surface area contributed by atoms with Crippen molar-refractivity contribution in [3.05, 3.63) is 30.3 Å². The van der Waals surface area contributed by atoms with Crippen LogP contribution in [0.1, 0.15) is 58.3 Å². The van der Waals surface area contributed by atoms with E-state index in [0.29, 0.717) is 5.41 Å². The lowest BCUT2D eigenvalue weighted by Crippen LogP contribution is -2.39. The van der Waals surface area contributed by atoms with Gasteiger partial charge in [0.25, 0.3) is 0 Å². The lowest BCUT2D eigenvalue weighted by atomic mass is 9.81. The Bertz CT molecular complexity index is 382. The standard InChI is InChI=1S/C19H31NS/c1-2-3-15-20(18-11-7-6-8-12-18)16-19(17-21)13-9-4-5-10-14-19/h6-8,11-12,21H,2-5,9-10,13-17H2,1H3. The fraction of sp³-hybridized carbons (Fsp3) is 0.684. The molecule has 1 aromatic rings. The first-order chi connectivity index (χ1) is 10.3. The lowest BCUT2D eigenvalue weighted by molar-refractivity contribution is 0.289. The molecule has 2 rings (SSSR count). The highest BCUT2D eigenvalue weighted by molar-refractivity contribution is 7.80. The lowest BCUT2D eigenvalue weighted by Gasteiger charge is -2.38. The highest BCUT2D eigenvalue weighted by Gasteiger charge is 2.31. The van der Waals surface area contributed by atoms with Gasteiger partial charge in [-0.15, -0.1) is 0 Å². The molecule has 0 amide bonds. The number of benzene rings is 1. The monoisotopic (exact) mass is 305 g/mol. The molecule has 21 heavy (non-hydrogen) atoms. The Morgan fingerprint density at radius 3 is 2.29 bits per heavy atom. The summed E-state index contributed by atoms with van der Waals surface area (Å²) in [5.41, 5.74) is 1.81. The molecule has 0 atom stereocenters. The zero-order valence-electron chi connectivity index (χ0n) is 13.6. The Labute approximate surface area is 136 Å². The van der Waals surface area contributed by atoms with Gasteiger partial charge >= 0.3 is 0 Å². The second-order valence-electron chi connectivity index (χ2n) is 6.68. The topological polar surface area (TPSA) is 3.24 Å². The minimum absolute atomic E-state index is 0.420. The van der Waals surface area contributed by atoms with Gasteiger partial charge in [-0.25, -0.2) is 0 Å². The summed E-state index contributed by atoms with van der Waals surface area (Å²) in [7, 11) is 0. The molecule has 0 N–H and O–H groups in total. The molecule has 0 aromatic heterocycles. The van der Waals surface area contributed by atoms with E-state index in [4.69, 9.17) is 12.6 Å². The molecule has 1 saturated carbocycles. The van der Waals surface area contributed by atoms with Crippen LogP contribution in [-0.2, 0) is 0 Å². The summed E-state index contributed by atoms with van der Waals surface area (Å²) in [5.74, 6) is 1.03. The van der Waals surface area contributed by atoms with Gasteiger partial charge in [0.1, 0.15) is 0 Å². The average molecular weight is 306 g/mol. The number of anilines is 1. The van der Waals surface area contributed by atoms with Crippen LogP contribution in [-0.4, -0.2) is 18.8 Å². The zero-order chi connectivity index (χ0) is 15.0. The molecule has 1 nitrogen and oxygen atoms in total. The first-order valence-electron chi connectivity index (χ1n) is 8.70. The summed E-state index contributed by atoms with van der Waals surface area (Å²) in [6, 6.07) is 11.0. The average Bonchev–Trinajstić information content (AvgIpc) is 2.78. The van der Waals surface area contributed by atoms with E-state index in [0.717, 1.165) is 5.75 Å². The van der Waals surface area contributed by atoms with Gasteiger partial charge in [0, 0.05) is 18.8 Å². The van der Waals surface area contributed by atoms with Crippen LogP contribution in [0.3, 0.4) is 0 Å². The van der Waals surface area contributed by atoms with E-state index in [2.05, 4.69) is 42.2 Å². The van der Waals surface area contributed by atoms with Gasteiger partial charge in [-0.05, 0) is 42.6 Å². The normalized spacial score (nSPS) is 18.2. The van der Waals surface area contributed by atoms with E-state index in [1.807, 2.05) is 0 Å². The maximum absolute atomic E-state index is 4.75. The highest BCUT2D eigenvalue weighted by atomic mass is 32.1. The number of rotatable bonds is 7. The van der Waals surface area contributed by atoms with E-state index in [9.17, 15) is 0 Å². The quantitative estimate of drug-likeness (QED) is 0.509. The summed E-state index contributed by atoms with van der Waals surface area (Å²) in [4.78, 5) is 2.62. The van der Waals surface area contributed by atoms with Crippen LogP contribution >= 0.6 is 12.6 Å². The molecule has 1 fully saturated rings. The van der Waals surface area contributed by atoms with Gasteiger partial charge in [0.15, 0.2) is 0 Å². The summed E-state index contributed by atoms with van der Waals surface area (Å²) in [6.07, 6.45) is 10.8. The van der Waals surface area contributed by atoms with Crippen LogP contribution in [0.5, 0.6) is 0 Å². The smallest absolute Gasteiger partial charge is 0.0366 e. The van der Waals surface area contributed by atoms with Crippen molar-refractivity contribution in [1.82, 2.24) is 0 Å². The van der Waals surface area contributed by atoms with Gasteiger partial charge in [-0.2, -0.15) is 12.6 Å². The van der Waals surface area contributed by atoms with Crippen molar-refractivity contribution in [2.24, 2.45) is 5.41 Å². The number of hydrogen-bond donors (Lipinski definition) is 1. The molecular weight excluding hydrogens is 274 g/mol. The highest BCUT2D eigenvalue weighted by Crippen LogP contribution is 2.38. The van der Waals surface area contributed by atoms with Gasteiger partial charge in [-0.3, -0.25) is 0 Å². The van der Waals surface area contributed by atoms with Crippen molar-refractivity contribution in [2.45, 2.75) is 58.3 Å². The van der Waals surface area contributed by atoms with Crippen LogP contribution in [0.4, 0.5) is 5.69 Å². The molecule has 1 aromatic carbocycles. The second kappa shape index (κ2) is 8.73. The van der Waals surface area contributed by atoms with Crippen LogP contribution in [0.15, 0.2) is 30.3 Å². The van der Waals surface area contributed by atoms with Crippen molar-refractivity contribution >= 4 is 18.3 Å². The van der Waals surface area contributed by atoms with Crippen molar-refractivity contribution < 1.29 is 0 Å². The van der Waals surface area contributed by atoms with Crippen molar-refractivity contribution in [2.75, 3.05) is 23.7 Å². The summed E-state index contributed by atoms with van der Waals surface area (Å²) in [5, 5.41) is 0. The van der Waals surface area contributed by atoms with Crippen LogP contribution in [0.2, 0.25) is 0 Å². The van der Waals surface area contributed by atoms with Gasteiger partial charge in [0.05, 0.1) is 0 Å². The Balaban J connectivity index is 2.12. The van der Waals surface area contributed by atoms with Crippen LogP contribution < -0.4 is 4.90 Å². The van der Waals surface area contributed by atoms with Gasteiger partial charge in [-0.1, -0.05) is 57.2 Å². The Morgan fingerprint density at radius 1 is 1.05 bits per heavy atom. The van der Waals surface area contributed by atoms with E-state index >= 15 is 0 Å². The van der Waals surface area contributed by atoms with Crippen LogP contribution in [0, 0.1) is 5.41 Å². The summed E-state index contributed by atoms with van der Waals surface area (Å²) in [6.45, 7) is 4.64. The number of hydrogen-bond acceptors (Lipinski definition) is 2. The third kappa shape index (κ3) is 4.95. The molecule has 0 unspecified atom stereocenters. The first-order valence-corrected chi connectivity index (χ1v) is 9.34. The molecule has 0 heterocycles. The molecule has 1 aliphatic carbocycles. The molecule has 1 aliphatic rings. The van der Waals surface area contributed by atoms with E-state index in [-0.39, 0.29) is 0 Å². The summed E-state index contributed by atoms with van der Waals surface area (Å²) >= 11 is 4.75. The van der Waals surface area contributed by atoms with E-state index in [1.165, 1.54) is 70.1 Å². The zero-order valence-corrected chi connectivity index (χ0v) is 14.5. The molecule has 0 radical (unpaired) electrons. The third-order valence-corrected chi connectivity index (χ3v) is 5.60. The number of para-hydroxylation sites is 1. The molecular formula is C19H31NS. The Kier molecular flexibility index (Phi) is 6.95.